The predicted octanol–water partition coefficient (Wildman–Crippen LogP) is 2.09. The van der Waals surface area contributed by atoms with Crippen LogP contribution in [0.3, 0.4) is 0 Å². The van der Waals surface area contributed by atoms with Gasteiger partial charge in [0.2, 0.25) is 5.91 Å². The molecule has 0 saturated carbocycles. The molecule has 0 saturated heterocycles. The maximum Gasteiger partial charge on any atom is 0.250 e. The van der Waals surface area contributed by atoms with Crippen LogP contribution in [0.5, 0.6) is 0 Å². The predicted molar refractivity (Wildman–Crippen MR) is 45.0 cm³/mol. The molecule has 58 valence electrons. The number of carbonyl (C=O) groups is 1. The van der Waals surface area contributed by atoms with Gasteiger partial charge in [0, 0.05) is 5.02 Å². The summed E-state index contributed by atoms with van der Waals surface area (Å²) in [7, 11) is 0. The van der Waals surface area contributed by atoms with Gasteiger partial charge in [-0.15, -0.1) is 0 Å². The zero-order chi connectivity index (χ0) is 8.43. The Bertz CT molecular complexity index is 298. The number of carbonyl (C=O) groups excluding carboxylic acids is 1. The minimum Gasteiger partial charge on any atom is -0.366 e. The molecule has 2 nitrogen and oxygen atoms in total. The molecule has 11 heavy (non-hydrogen) atoms. The van der Waals surface area contributed by atoms with Crippen molar-refractivity contribution in [3.05, 3.63) is 33.8 Å². The highest BCUT2D eigenvalue weighted by Crippen LogP contribution is 2.19. The molecule has 1 aromatic carbocycles. The summed E-state index contributed by atoms with van der Waals surface area (Å²) >= 11 is 11.2. The van der Waals surface area contributed by atoms with Crippen molar-refractivity contribution >= 4 is 29.1 Å². The average Bonchev–Trinajstić information content (AvgIpc) is 1.94. The fourth-order valence-corrected chi connectivity index (χ4v) is 1.07. The minimum absolute atomic E-state index is 0.249. The fraction of sp³-hybridized carbons (Fsp3) is 0. The van der Waals surface area contributed by atoms with Crippen LogP contribution in [0.2, 0.25) is 10.0 Å². The van der Waals surface area contributed by atoms with Crippen LogP contribution in [0.15, 0.2) is 18.2 Å². The van der Waals surface area contributed by atoms with Crippen molar-refractivity contribution in [2.45, 2.75) is 0 Å². The molecule has 0 spiro atoms. The van der Waals surface area contributed by atoms with Gasteiger partial charge in [0.25, 0.3) is 0 Å². The highest BCUT2D eigenvalue weighted by atomic mass is 35.5. The summed E-state index contributed by atoms with van der Waals surface area (Å²) in [6.07, 6.45) is 0. The Labute approximate surface area is 73.9 Å². The lowest BCUT2D eigenvalue weighted by Crippen LogP contribution is -2.11. The molecule has 0 aliphatic carbocycles. The second-order valence-electron chi connectivity index (χ2n) is 1.99. The normalized spacial score (nSPS) is 9.64. The number of amides is 1. The number of primary amides is 1. The van der Waals surface area contributed by atoms with Crippen molar-refractivity contribution in [2.75, 3.05) is 0 Å². The average molecular weight is 190 g/mol. The molecular weight excluding hydrogens is 185 g/mol. The van der Waals surface area contributed by atoms with E-state index in [1.54, 1.807) is 6.07 Å². The van der Waals surface area contributed by atoms with E-state index in [0.29, 0.717) is 10.0 Å². The number of hydrogen-bond acceptors (Lipinski definition) is 1. The number of hydrogen-bond donors (Lipinski definition) is 1. The van der Waals surface area contributed by atoms with Gasteiger partial charge in [0.05, 0.1) is 10.6 Å². The maximum atomic E-state index is 10.7. The number of benzene rings is 1. The van der Waals surface area contributed by atoms with E-state index in [2.05, 4.69) is 0 Å². The lowest BCUT2D eigenvalue weighted by Gasteiger charge is -1.98. The molecule has 1 amide bonds. The number of rotatable bonds is 1. The van der Waals surface area contributed by atoms with Gasteiger partial charge in [-0.1, -0.05) is 23.2 Å². The zero-order valence-corrected chi connectivity index (χ0v) is 6.99. The molecule has 0 bridgehead atoms. The summed E-state index contributed by atoms with van der Waals surface area (Å²) in [6.45, 7) is 0. The van der Waals surface area contributed by atoms with Gasteiger partial charge in [0.15, 0.2) is 0 Å². The van der Waals surface area contributed by atoms with Crippen LogP contribution in [-0.4, -0.2) is 5.91 Å². The quantitative estimate of drug-likeness (QED) is 0.723. The van der Waals surface area contributed by atoms with E-state index in [-0.39, 0.29) is 5.56 Å². The highest BCUT2D eigenvalue weighted by molar-refractivity contribution is 6.35. The first kappa shape index (κ1) is 8.37. The highest BCUT2D eigenvalue weighted by Gasteiger charge is 2.05. The first-order valence-corrected chi connectivity index (χ1v) is 3.61. The van der Waals surface area contributed by atoms with Crippen LogP contribution in [-0.2, 0) is 0 Å². The molecule has 4 heteroatoms. The van der Waals surface area contributed by atoms with Crippen LogP contribution < -0.4 is 5.73 Å². The van der Waals surface area contributed by atoms with Crippen molar-refractivity contribution in [3.63, 3.8) is 0 Å². The lowest BCUT2D eigenvalue weighted by atomic mass is 10.2. The molecule has 1 aromatic rings. The Kier molecular flexibility index (Phi) is 2.37. The minimum atomic E-state index is -0.572. The van der Waals surface area contributed by atoms with E-state index in [9.17, 15) is 4.79 Å². The molecule has 0 heterocycles. The molecule has 0 aromatic heterocycles. The third kappa shape index (κ3) is 1.85. The first-order chi connectivity index (χ1) is 5.11. The molecule has 0 aliphatic heterocycles. The van der Waals surface area contributed by atoms with E-state index in [1.807, 2.05) is 0 Å². The Morgan fingerprint density at radius 1 is 1.36 bits per heavy atom. The van der Waals surface area contributed by atoms with E-state index >= 15 is 0 Å². The number of halogens is 2. The van der Waals surface area contributed by atoms with Crippen LogP contribution in [0.25, 0.3) is 0 Å². The molecule has 0 aliphatic rings. The summed E-state index contributed by atoms with van der Waals surface area (Å²) in [6, 6.07) is 4.56. The largest absolute Gasteiger partial charge is 0.366 e. The summed E-state index contributed by atoms with van der Waals surface area (Å²) in [4.78, 5) is 10.7. The fourth-order valence-electron chi connectivity index (χ4n) is 0.686. The Balaban J connectivity index is 3.23. The molecule has 1 rings (SSSR count). The van der Waals surface area contributed by atoms with Gasteiger partial charge in [-0.2, -0.15) is 0 Å². The van der Waals surface area contributed by atoms with Gasteiger partial charge in [-0.25, -0.2) is 0 Å². The SMILES string of the molecule is NC(=O)c1cc(Cl)ccc1Cl. The van der Waals surface area contributed by atoms with Crippen LogP contribution in [0.4, 0.5) is 0 Å². The zero-order valence-electron chi connectivity index (χ0n) is 5.47. The van der Waals surface area contributed by atoms with Crippen molar-refractivity contribution in [3.8, 4) is 0 Å². The standard InChI is InChI=1S/C7H5Cl2NO/c8-4-1-2-6(9)5(3-4)7(10)11/h1-3H,(H2,10,11). The van der Waals surface area contributed by atoms with Crippen LogP contribution in [0.1, 0.15) is 10.4 Å². The van der Waals surface area contributed by atoms with Gasteiger partial charge in [0.1, 0.15) is 0 Å². The van der Waals surface area contributed by atoms with Gasteiger partial charge in [-0.3, -0.25) is 4.79 Å². The molecule has 0 fully saturated rings. The lowest BCUT2D eigenvalue weighted by molar-refractivity contribution is 0.100. The second kappa shape index (κ2) is 3.11. The summed E-state index contributed by atoms with van der Waals surface area (Å²) < 4.78 is 0. The monoisotopic (exact) mass is 189 g/mol. The maximum absolute atomic E-state index is 10.7. The van der Waals surface area contributed by atoms with E-state index in [1.165, 1.54) is 12.1 Å². The van der Waals surface area contributed by atoms with Gasteiger partial charge < -0.3 is 5.73 Å². The molecular formula is C7H5Cl2NO. The summed E-state index contributed by atoms with van der Waals surface area (Å²) in [5, 5.41) is 0.769. The topological polar surface area (TPSA) is 43.1 Å². The molecule has 0 radical (unpaired) electrons. The van der Waals surface area contributed by atoms with Crippen LogP contribution >= 0.6 is 23.2 Å². The second-order valence-corrected chi connectivity index (χ2v) is 2.83. The van der Waals surface area contributed by atoms with Crippen molar-refractivity contribution in [2.24, 2.45) is 5.73 Å². The van der Waals surface area contributed by atoms with Gasteiger partial charge >= 0.3 is 0 Å². The Hall–Kier alpha value is -0.730. The van der Waals surface area contributed by atoms with E-state index in [0.717, 1.165) is 0 Å². The smallest absolute Gasteiger partial charge is 0.250 e. The van der Waals surface area contributed by atoms with Crippen molar-refractivity contribution in [1.82, 2.24) is 0 Å². The molecule has 0 unspecified atom stereocenters. The van der Waals surface area contributed by atoms with E-state index in [4.69, 9.17) is 28.9 Å². The molecule has 2 N–H and O–H groups in total. The van der Waals surface area contributed by atoms with Crippen LogP contribution in [0, 0.1) is 0 Å². The first-order valence-electron chi connectivity index (χ1n) is 2.86. The summed E-state index contributed by atoms with van der Waals surface area (Å²) in [5.41, 5.74) is 5.25. The van der Waals surface area contributed by atoms with Crippen molar-refractivity contribution in [1.29, 1.82) is 0 Å². The van der Waals surface area contributed by atoms with E-state index < -0.39 is 5.91 Å². The van der Waals surface area contributed by atoms with Gasteiger partial charge in [-0.05, 0) is 18.2 Å². The number of nitrogens with two attached hydrogens (primary N) is 1. The Morgan fingerprint density at radius 2 is 2.00 bits per heavy atom. The third-order valence-corrected chi connectivity index (χ3v) is 1.76. The summed E-state index contributed by atoms with van der Waals surface area (Å²) in [5.74, 6) is -0.572. The Morgan fingerprint density at radius 3 is 2.45 bits per heavy atom. The molecule has 0 atom stereocenters. The van der Waals surface area contributed by atoms with Crippen molar-refractivity contribution < 1.29 is 4.79 Å². The third-order valence-electron chi connectivity index (χ3n) is 1.19.